The van der Waals surface area contributed by atoms with Crippen LogP contribution in [0, 0.1) is 11.7 Å². The number of anilines is 1. The van der Waals surface area contributed by atoms with Gasteiger partial charge >= 0.3 is 0 Å². The van der Waals surface area contributed by atoms with Gasteiger partial charge in [-0.15, -0.1) is 11.3 Å². The Bertz CT molecular complexity index is 1110. The summed E-state index contributed by atoms with van der Waals surface area (Å²) >= 11 is 1.52. The third kappa shape index (κ3) is 3.78. The fourth-order valence-corrected chi connectivity index (χ4v) is 5.49. The lowest BCUT2D eigenvalue weighted by Gasteiger charge is -2.31. The van der Waals surface area contributed by atoms with Gasteiger partial charge in [0.25, 0.3) is 0 Å². The molecule has 1 unspecified atom stereocenters. The Morgan fingerprint density at radius 3 is 2.79 bits per heavy atom. The van der Waals surface area contributed by atoms with Crippen LogP contribution in [0.15, 0.2) is 52.9 Å². The number of sulfonamides is 1. The second kappa shape index (κ2) is 7.57. The van der Waals surface area contributed by atoms with Gasteiger partial charge in [0.05, 0.1) is 26.5 Å². The number of benzene rings is 2. The van der Waals surface area contributed by atoms with Crippen molar-refractivity contribution in [2.24, 2.45) is 5.92 Å². The van der Waals surface area contributed by atoms with Gasteiger partial charge in [-0.3, -0.25) is 4.79 Å². The average Bonchev–Trinajstić information content (AvgIpc) is 3.16. The molecule has 6 nitrogen and oxygen atoms in total. The molecule has 1 amide bonds. The fourth-order valence-electron chi connectivity index (χ4n) is 3.31. The third-order valence-corrected chi connectivity index (χ3v) is 7.49. The Morgan fingerprint density at radius 2 is 2.00 bits per heavy atom. The molecule has 0 radical (unpaired) electrons. The Balaban J connectivity index is 1.48. The van der Waals surface area contributed by atoms with Crippen molar-refractivity contribution >= 4 is 43.2 Å². The van der Waals surface area contributed by atoms with E-state index in [-0.39, 0.29) is 17.3 Å². The zero-order chi connectivity index (χ0) is 19.7. The minimum atomic E-state index is -3.76. The molecule has 1 aromatic heterocycles. The number of nitrogens with one attached hydrogen (secondary N) is 1. The molecular formula is C19H18FN3O3S2. The molecule has 1 atom stereocenters. The van der Waals surface area contributed by atoms with Gasteiger partial charge in [0.1, 0.15) is 5.82 Å². The van der Waals surface area contributed by atoms with E-state index >= 15 is 0 Å². The number of amides is 1. The van der Waals surface area contributed by atoms with Gasteiger partial charge in [-0.1, -0.05) is 0 Å². The van der Waals surface area contributed by atoms with Gasteiger partial charge < -0.3 is 5.32 Å². The highest BCUT2D eigenvalue weighted by Gasteiger charge is 2.33. The molecule has 1 fully saturated rings. The number of piperidine rings is 1. The van der Waals surface area contributed by atoms with Crippen LogP contribution in [0.3, 0.4) is 0 Å². The number of rotatable bonds is 4. The molecule has 1 saturated heterocycles. The maximum atomic E-state index is 13.1. The maximum Gasteiger partial charge on any atom is 0.243 e. The van der Waals surface area contributed by atoms with E-state index in [0.29, 0.717) is 25.1 Å². The van der Waals surface area contributed by atoms with Crippen molar-refractivity contribution in [1.29, 1.82) is 0 Å². The van der Waals surface area contributed by atoms with Crippen LogP contribution in [0.4, 0.5) is 10.1 Å². The van der Waals surface area contributed by atoms with Crippen LogP contribution in [0.5, 0.6) is 0 Å². The summed E-state index contributed by atoms with van der Waals surface area (Å²) in [6, 6.07) is 10.3. The minimum Gasteiger partial charge on any atom is -0.326 e. The van der Waals surface area contributed by atoms with E-state index in [1.165, 1.54) is 27.8 Å². The van der Waals surface area contributed by atoms with Gasteiger partial charge in [0.15, 0.2) is 0 Å². The molecule has 3 aromatic rings. The van der Waals surface area contributed by atoms with E-state index in [1.807, 2.05) is 12.1 Å². The summed E-state index contributed by atoms with van der Waals surface area (Å²) in [6.07, 6.45) is 1.20. The van der Waals surface area contributed by atoms with Crippen molar-refractivity contribution in [3.05, 3.63) is 53.8 Å². The van der Waals surface area contributed by atoms with Crippen molar-refractivity contribution in [1.82, 2.24) is 9.29 Å². The average molecular weight is 420 g/mol. The number of carbonyl (C=O) groups is 1. The van der Waals surface area contributed by atoms with Crippen molar-refractivity contribution in [2.45, 2.75) is 17.7 Å². The predicted octanol–water partition coefficient (Wildman–Crippen LogP) is 3.47. The first kappa shape index (κ1) is 19.0. The molecule has 0 aliphatic carbocycles. The third-order valence-electron chi connectivity index (χ3n) is 4.80. The SMILES string of the molecule is O=C(Nc1ccc2scnc2c1)C1CCCN(S(=O)(=O)c2ccc(F)cc2)C1. The summed E-state index contributed by atoms with van der Waals surface area (Å²) in [5, 5.41) is 2.87. The number of carbonyl (C=O) groups excluding carboxylic acids is 1. The molecule has 1 N–H and O–H groups in total. The standard InChI is InChI=1S/C19H18FN3O3S2/c20-14-3-6-16(7-4-14)28(25,26)23-9-1-2-13(11-23)19(24)22-15-5-8-18-17(10-15)21-12-27-18/h3-8,10,12-13H,1-2,9,11H2,(H,22,24). The highest BCUT2D eigenvalue weighted by atomic mass is 32.2. The van der Waals surface area contributed by atoms with E-state index in [1.54, 1.807) is 11.6 Å². The van der Waals surface area contributed by atoms with Crippen LogP contribution in [0.2, 0.25) is 0 Å². The van der Waals surface area contributed by atoms with Gasteiger partial charge in [0, 0.05) is 18.8 Å². The van der Waals surface area contributed by atoms with E-state index in [0.717, 1.165) is 22.3 Å². The van der Waals surface area contributed by atoms with Crippen molar-refractivity contribution in [2.75, 3.05) is 18.4 Å². The van der Waals surface area contributed by atoms with Gasteiger partial charge in [-0.25, -0.2) is 17.8 Å². The second-order valence-corrected chi connectivity index (χ2v) is 9.50. The highest BCUT2D eigenvalue weighted by Crippen LogP contribution is 2.26. The number of halogens is 1. The second-order valence-electron chi connectivity index (χ2n) is 6.68. The van der Waals surface area contributed by atoms with E-state index < -0.39 is 21.8 Å². The molecule has 9 heteroatoms. The van der Waals surface area contributed by atoms with Gasteiger partial charge in [-0.05, 0) is 55.3 Å². The first-order valence-electron chi connectivity index (χ1n) is 8.83. The van der Waals surface area contributed by atoms with Crippen LogP contribution in [-0.2, 0) is 14.8 Å². The molecule has 146 valence electrons. The lowest BCUT2D eigenvalue weighted by Crippen LogP contribution is -2.43. The monoisotopic (exact) mass is 419 g/mol. The number of fused-ring (bicyclic) bond motifs is 1. The van der Waals surface area contributed by atoms with Crippen molar-refractivity contribution in [3.8, 4) is 0 Å². The molecule has 4 rings (SSSR count). The number of nitrogens with zero attached hydrogens (tertiary/aromatic N) is 2. The normalized spacial score (nSPS) is 18.2. The lowest BCUT2D eigenvalue weighted by molar-refractivity contribution is -0.120. The Hall–Kier alpha value is -2.36. The van der Waals surface area contributed by atoms with Gasteiger partial charge in [-0.2, -0.15) is 4.31 Å². The quantitative estimate of drug-likeness (QED) is 0.702. The molecule has 0 spiro atoms. The number of hydrogen-bond donors (Lipinski definition) is 1. The van der Waals surface area contributed by atoms with E-state index in [4.69, 9.17) is 0 Å². The van der Waals surface area contributed by atoms with Crippen LogP contribution in [0.25, 0.3) is 10.2 Å². The Labute approximate surface area is 166 Å². The molecular weight excluding hydrogens is 401 g/mol. The van der Waals surface area contributed by atoms with E-state index in [2.05, 4.69) is 10.3 Å². The van der Waals surface area contributed by atoms with Crippen LogP contribution < -0.4 is 5.32 Å². The minimum absolute atomic E-state index is 0.0314. The fraction of sp³-hybridized carbons (Fsp3) is 0.263. The first-order chi connectivity index (χ1) is 13.4. The maximum absolute atomic E-state index is 13.1. The smallest absolute Gasteiger partial charge is 0.243 e. The summed E-state index contributed by atoms with van der Waals surface area (Å²) < 4.78 is 41.1. The molecule has 2 aromatic carbocycles. The molecule has 0 bridgehead atoms. The van der Waals surface area contributed by atoms with Crippen LogP contribution in [-0.4, -0.2) is 36.7 Å². The number of hydrogen-bond acceptors (Lipinski definition) is 5. The van der Waals surface area contributed by atoms with Gasteiger partial charge in [0.2, 0.25) is 15.9 Å². The Kier molecular flexibility index (Phi) is 5.13. The van der Waals surface area contributed by atoms with E-state index in [9.17, 15) is 17.6 Å². The zero-order valence-electron chi connectivity index (χ0n) is 14.8. The molecule has 2 heterocycles. The summed E-state index contributed by atoms with van der Waals surface area (Å²) in [5.41, 5.74) is 3.20. The molecule has 0 saturated carbocycles. The lowest BCUT2D eigenvalue weighted by atomic mass is 9.98. The number of thiazole rings is 1. The highest BCUT2D eigenvalue weighted by molar-refractivity contribution is 7.89. The summed E-state index contributed by atoms with van der Waals surface area (Å²) in [7, 11) is -3.76. The summed E-state index contributed by atoms with van der Waals surface area (Å²) in [5.74, 6) is -1.16. The predicted molar refractivity (Wildman–Crippen MR) is 106 cm³/mol. The molecule has 28 heavy (non-hydrogen) atoms. The number of aromatic nitrogens is 1. The van der Waals surface area contributed by atoms with Crippen molar-refractivity contribution in [3.63, 3.8) is 0 Å². The summed E-state index contributed by atoms with van der Waals surface area (Å²) in [4.78, 5) is 17.0. The largest absolute Gasteiger partial charge is 0.326 e. The Morgan fingerprint density at radius 1 is 1.21 bits per heavy atom. The zero-order valence-corrected chi connectivity index (χ0v) is 16.5. The molecule has 1 aliphatic heterocycles. The van der Waals surface area contributed by atoms with Crippen molar-refractivity contribution < 1.29 is 17.6 Å². The molecule has 1 aliphatic rings. The first-order valence-corrected chi connectivity index (χ1v) is 11.2. The summed E-state index contributed by atoms with van der Waals surface area (Å²) in [6.45, 7) is 0.443. The van der Waals surface area contributed by atoms with Crippen LogP contribution >= 0.6 is 11.3 Å². The van der Waals surface area contributed by atoms with Crippen LogP contribution in [0.1, 0.15) is 12.8 Å². The topological polar surface area (TPSA) is 79.4 Å².